The molecule has 0 bridgehead atoms. The molecule has 4 nitrogen and oxygen atoms in total. The van der Waals surface area contributed by atoms with Crippen LogP contribution >= 0.6 is 0 Å². The lowest BCUT2D eigenvalue weighted by Crippen LogP contribution is -2.67. The summed E-state index contributed by atoms with van der Waals surface area (Å²) in [6.07, 6.45) is 3.70. The molecule has 140 valence electrons. The molecule has 2 aliphatic carbocycles. The SMILES string of the molecule is CC(C)(C)C1CCC2(O)OC3CC(C(C)(C)C)CCC3(O)OC2C1. The summed E-state index contributed by atoms with van der Waals surface area (Å²) in [6.45, 7) is 13.4. The number of hydrogen-bond donors (Lipinski definition) is 2. The van der Waals surface area contributed by atoms with Crippen molar-refractivity contribution in [2.24, 2.45) is 22.7 Å². The van der Waals surface area contributed by atoms with Gasteiger partial charge >= 0.3 is 0 Å². The second-order valence-electron chi connectivity index (χ2n) is 10.6. The maximum atomic E-state index is 11.1. The maximum Gasteiger partial charge on any atom is 0.192 e. The Hall–Kier alpha value is -0.160. The Morgan fingerprint density at radius 2 is 1.04 bits per heavy atom. The minimum atomic E-state index is -1.24. The summed E-state index contributed by atoms with van der Waals surface area (Å²) < 4.78 is 12.3. The van der Waals surface area contributed by atoms with Crippen molar-refractivity contribution in [3.8, 4) is 0 Å². The normalized spacial score (nSPS) is 47.0. The van der Waals surface area contributed by atoms with E-state index >= 15 is 0 Å². The van der Waals surface area contributed by atoms with Gasteiger partial charge in [-0.25, -0.2) is 0 Å². The van der Waals surface area contributed by atoms with Crippen LogP contribution in [-0.4, -0.2) is 34.0 Å². The van der Waals surface area contributed by atoms with E-state index in [1.807, 2.05) is 0 Å². The molecule has 6 unspecified atom stereocenters. The molecule has 3 rings (SSSR count). The lowest BCUT2D eigenvalue weighted by molar-refractivity contribution is -0.443. The molecule has 0 spiro atoms. The van der Waals surface area contributed by atoms with Crippen LogP contribution in [0.1, 0.15) is 80.1 Å². The summed E-state index contributed by atoms with van der Waals surface area (Å²) >= 11 is 0. The van der Waals surface area contributed by atoms with E-state index in [-0.39, 0.29) is 10.8 Å². The lowest BCUT2D eigenvalue weighted by Gasteiger charge is -2.57. The van der Waals surface area contributed by atoms with Crippen LogP contribution in [0, 0.1) is 22.7 Å². The Morgan fingerprint density at radius 1 is 0.708 bits per heavy atom. The number of ether oxygens (including phenoxy) is 2. The van der Waals surface area contributed by atoms with Crippen molar-refractivity contribution in [2.45, 2.75) is 104 Å². The first-order chi connectivity index (χ1) is 10.8. The fraction of sp³-hybridized carbons (Fsp3) is 1.00. The van der Waals surface area contributed by atoms with Gasteiger partial charge in [0.15, 0.2) is 11.6 Å². The van der Waals surface area contributed by atoms with Gasteiger partial charge in [0.05, 0.1) is 0 Å². The summed E-state index contributed by atoms with van der Waals surface area (Å²) in [7, 11) is 0. The second-order valence-corrected chi connectivity index (χ2v) is 10.6. The molecule has 0 amide bonds. The standard InChI is InChI=1S/C20H36O4/c1-17(2,3)13-7-9-19(21)15(11-13)23-20(22)10-8-14(18(4,5)6)12-16(20)24-19/h13-16,21-22H,7-12H2,1-6H3. The first kappa shape index (κ1) is 18.6. The van der Waals surface area contributed by atoms with Gasteiger partial charge in [0.2, 0.25) is 0 Å². The summed E-state index contributed by atoms with van der Waals surface area (Å²) in [5, 5.41) is 22.1. The highest BCUT2D eigenvalue weighted by Gasteiger charge is 2.60. The van der Waals surface area contributed by atoms with Gasteiger partial charge in [-0.15, -0.1) is 0 Å². The zero-order valence-electron chi connectivity index (χ0n) is 16.3. The number of aliphatic hydroxyl groups is 2. The largest absolute Gasteiger partial charge is 0.363 e. The molecule has 3 fully saturated rings. The Labute approximate surface area is 146 Å². The van der Waals surface area contributed by atoms with Crippen LogP contribution in [0.5, 0.6) is 0 Å². The van der Waals surface area contributed by atoms with E-state index < -0.39 is 23.8 Å². The fourth-order valence-electron chi connectivity index (χ4n) is 4.82. The van der Waals surface area contributed by atoms with Crippen molar-refractivity contribution in [1.29, 1.82) is 0 Å². The molecule has 1 heterocycles. The van der Waals surface area contributed by atoms with Crippen molar-refractivity contribution >= 4 is 0 Å². The van der Waals surface area contributed by atoms with Crippen LogP contribution in [0.25, 0.3) is 0 Å². The summed E-state index contributed by atoms with van der Waals surface area (Å²) in [5.74, 6) is -1.54. The van der Waals surface area contributed by atoms with Crippen LogP contribution in [0.3, 0.4) is 0 Å². The highest BCUT2D eigenvalue weighted by Crippen LogP contribution is 2.52. The first-order valence-corrected chi connectivity index (χ1v) is 9.64. The zero-order valence-corrected chi connectivity index (χ0v) is 16.3. The molecule has 0 aromatic rings. The molecule has 4 heteroatoms. The minimum Gasteiger partial charge on any atom is -0.363 e. The Balaban J connectivity index is 1.77. The number of rotatable bonds is 0. The van der Waals surface area contributed by atoms with E-state index in [4.69, 9.17) is 9.47 Å². The molecular weight excluding hydrogens is 304 g/mol. The zero-order chi connectivity index (χ0) is 18.0. The average molecular weight is 341 g/mol. The van der Waals surface area contributed by atoms with Crippen molar-refractivity contribution in [2.75, 3.05) is 0 Å². The summed E-state index contributed by atoms with van der Waals surface area (Å²) in [6, 6.07) is 0. The molecular formula is C20H36O4. The molecule has 6 atom stereocenters. The summed E-state index contributed by atoms with van der Waals surface area (Å²) in [4.78, 5) is 0. The lowest BCUT2D eigenvalue weighted by atomic mass is 9.67. The van der Waals surface area contributed by atoms with E-state index in [0.29, 0.717) is 24.7 Å². The van der Waals surface area contributed by atoms with Gasteiger partial charge in [0.1, 0.15) is 12.2 Å². The van der Waals surface area contributed by atoms with Gasteiger partial charge in [-0.3, -0.25) is 0 Å². The second kappa shape index (κ2) is 5.67. The number of hydrogen-bond acceptors (Lipinski definition) is 4. The monoisotopic (exact) mass is 340 g/mol. The first-order valence-electron chi connectivity index (χ1n) is 9.64. The van der Waals surface area contributed by atoms with Crippen LogP contribution < -0.4 is 0 Å². The molecule has 24 heavy (non-hydrogen) atoms. The molecule has 1 aliphatic heterocycles. The minimum absolute atomic E-state index is 0.175. The van der Waals surface area contributed by atoms with Gasteiger partial charge in [0, 0.05) is 12.8 Å². The molecule has 0 radical (unpaired) electrons. The number of fused-ring (bicyclic) bond motifs is 2. The predicted molar refractivity (Wildman–Crippen MR) is 93.2 cm³/mol. The van der Waals surface area contributed by atoms with E-state index in [1.54, 1.807) is 0 Å². The van der Waals surface area contributed by atoms with E-state index in [0.717, 1.165) is 25.7 Å². The highest BCUT2D eigenvalue weighted by molar-refractivity contribution is 5.01. The third-order valence-electron chi connectivity index (χ3n) is 6.85. The molecule has 1 saturated heterocycles. The smallest absolute Gasteiger partial charge is 0.192 e. The van der Waals surface area contributed by atoms with E-state index in [2.05, 4.69) is 41.5 Å². The summed E-state index contributed by atoms with van der Waals surface area (Å²) in [5.41, 5.74) is 0.349. The third-order valence-corrected chi connectivity index (χ3v) is 6.85. The Morgan fingerprint density at radius 3 is 1.33 bits per heavy atom. The van der Waals surface area contributed by atoms with E-state index in [9.17, 15) is 10.2 Å². The van der Waals surface area contributed by atoms with Crippen molar-refractivity contribution in [1.82, 2.24) is 0 Å². The Bertz CT molecular complexity index is 433. The predicted octanol–water partition coefficient (Wildman–Crippen LogP) is 3.84. The van der Waals surface area contributed by atoms with Crippen LogP contribution in [-0.2, 0) is 9.47 Å². The third kappa shape index (κ3) is 3.27. The Kier molecular flexibility index (Phi) is 4.40. The van der Waals surface area contributed by atoms with Crippen LogP contribution in [0.15, 0.2) is 0 Å². The van der Waals surface area contributed by atoms with Crippen molar-refractivity contribution < 1.29 is 19.7 Å². The highest BCUT2D eigenvalue weighted by atomic mass is 16.7. The van der Waals surface area contributed by atoms with Crippen molar-refractivity contribution in [3.63, 3.8) is 0 Å². The van der Waals surface area contributed by atoms with Crippen LogP contribution in [0.4, 0.5) is 0 Å². The molecule has 0 aromatic heterocycles. The van der Waals surface area contributed by atoms with Gasteiger partial charge < -0.3 is 19.7 Å². The topological polar surface area (TPSA) is 58.9 Å². The maximum absolute atomic E-state index is 11.1. The quantitative estimate of drug-likeness (QED) is 0.703. The van der Waals surface area contributed by atoms with Crippen molar-refractivity contribution in [3.05, 3.63) is 0 Å². The molecule has 3 aliphatic rings. The molecule has 2 N–H and O–H groups in total. The van der Waals surface area contributed by atoms with Gasteiger partial charge in [0.25, 0.3) is 0 Å². The average Bonchev–Trinajstić information content (AvgIpc) is 2.41. The van der Waals surface area contributed by atoms with Gasteiger partial charge in [-0.1, -0.05) is 41.5 Å². The molecule has 2 saturated carbocycles. The molecule has 0 aromatic carbocycles. The van der Waals surface area contributed by atoms with Crippen LogP contribution in [0.2, 0.25) is 0 Å². The van der Waals surface area contributed by atoms with Gasteiger partial charge in [-0.2, -0.15) is 0 Å². The van der Waals surface area contributed by atoms with E-state index in [1.165, 1.54) is 0 Å². The van der Waals surface area contributed by atoms with Gasteiger partial charge in [-0.05, 0) is 48.3 Å². The fourth-order valence-corrected chi connectivity index (χ4v) is 4.82.